The van der Waals surface area contributed by atoms with Gasteiger partial charge < -0.3 is 4.90 Å². The lowest BCUT2D eigenvalue weighted by atomic mass is 9.89. The third-order valence-corrected chi connectivity index (χ3v) is 5.34. The van der Waals surface area contributed by atoms with E-state index >= 15 is 0 Å². The Balaban J connectivity index is 1.74. The minimum Gasteiger partial charge on any atom is -0.326 e. The van der Waals surface area contributed by atoms with E-state index in [4.69, 9.17) is 11.6 Å². The van der Waals surface area contributed by atoms with Gasteiger partial charge in [-0.3, -0.25) is 4.90 Å². The predicted octanol–water partition coefficient (Wildman–Crippen LogP) is 2.67. The zero-order valence-corrected chi connectivity index (χ0v) is 12.5. The molecule has 1 aliphatic heterocycles. The van der Waals surface area contributed by atoms with Crippen molar-refractivity contribution in [3.8, 4) is 0 Å². The number of hydrogen-bond acceptors (Lipinski definition) is 4. The molecular formula is C12H17ClN4OS. The lowest BCUT2D eigenvalue weighted by molar-refractivity contribution is 0.229. The van der Waals surface area contributed by atoms with Crippen molar-refractivity contribution in [3.63, 3.8) is 0 Å². The van der Waals surface area contributed by atoms with E-state index in [-0.39, 0.29) is 11.4 Å². The van der Waals surface area contributed by atoms with E-state index in [1.165, 1.54) is 0 Å². The Hall–Kier alpha value is -0.880. The first-order chi connectivity index (χ1) is 9.15. The maximum Gasteiger partial charge on any atom is 0.326 e. The Labute approximate surface area is 121 Å². The Morgan fingerprint density at radius 3 is 2.84 bits per heavy atom. The highest BCUT2D eigenvalue weighted by atomic mass is 35.5. The molecule has 0 spiro atoms. The highest BCUT2D eigenvalue weighted by Gasteiger charge is 2.31. The number of aromatic nitrogens is 2. The Morgan fingerprint density at radius 1 is 1.32 bits per heavy atom. The van der Waals surface area contributed by atoms with E-state index in [0.717, 1.165) is 42.4 Å². The first-order valence-corrected chi connectivity index (χ1v) is 7.90. The molecule has 1 aliphatic carbocycles. The molecule has 2 fully saturated rings. The van der Waals surface area contributed by atoms with Crippen LogP contribution in [0.5, 0.6) is 0 Å². The molecule has 0 aromatic carbocycles. The molecule has 2 unspecified atom stereocenters. The highest BCUT2D eigenvalue weighted by Crippen LogP contribution is 2.38. The van der Waals surface area contributed by atoms with Crippen LogP contribution in [0.1, 0.15) is 36.6 Å². The van der Waals surface area contributed by atoms with Crippen LogP contribution in [-0.4, -0.2) is 46.6 Å². The van der Waals surface area contributed by atoms with Gasteiger partial charge in [0, 0.05) is 31.4 Å². The van der Waals surface area contributed by atoms with Crippen LogP contribution in [0.4, 0.5) is 9.93 Å². The van der Waals surface area contributed by atoms with Gasteiger partial charge in [-0.05, 0) is 19.3 Å². The number of carbonyl (C=O) groups excluding carboxylic acids is 1. The van der Waals surface area contributed by atoms with Crippen LogP contribution in [0.3, 0.4) is 0 Å². The smallest absolute Gasteiger partial charge is 0.326 e. The molecule has 0 bridgehead atoms. The summed E-state index contributed by atoms with van der Waals surface area (Å²) < 4.78 is 0. The summed E-state index contributed by atoms with van der Waals surface area (Å²) in [5, 5.41) is 10.5. The largest absolute Gasteiger partial charge is 0.326 e. The van der Waals surface area contributed by atoms with Crippen molar-refractivity contribution in [2.45, 2.75) is 37.0 Å². The lowest BCUT2D eigenvalue weighted by Crippen LogP contribution is -2.29. The van der Waals surface area contributed by atoms with Crippen LogP contribution >= 0.6 is 22.9 Å². The van der Waals surface area contributed by atoms with Crippen molar-refractivity contribution in [1.82, 2.24) is 15.1 Å². The summed E-state index contributed by atoms with van der Waals surface area (Å²) in [7, 11) is 1.81. The third-order valence-electron chi connectivity index (χ3n) is 3.84. The lowest BCUT2D eigenvalue weighted by Gasteiger charge is -2.23. The standard InChI is InChI=1S/C12H17ClN4OS/c1-16-5-6-17(12(16)18)11-15-14-10(19-11)8-3-2-4-9(13)7-8/h8-9H,2-7H2,1H3. The van der Waals surface area contributed by atoms with Crippen LogP contribution in [0.2, 0.25) is 0 Å². The number of hydrogen-bond donors (Lipinski definition) is 0. The van der Waals surface area contributed by atoms with E-state index in [2.05, 4.69) is 10.2 Å². The maximum absolute atomic E-state index is 11.9. The molecule has 0 radical (unpaired) electrons. The first-order valence-electron chi connectivity index (χ1n) is 6.65. The van der Waals surface area contributed by atoms with Gasteiger partial charge in [-0.1, -0.05) is 17.8 Å². The van der Waals surface area contributed by atoms with Gasteiger partial charge in [-0.15, -0.1) is 21.8 Å². The van der Waals surface area contributed by atoms with Gasteiger partial charge in [0.1, 0.15) is 5.01 Å². The Morgan fingerprint density at radius 2 is 2.16 bits per heavy atom. The predicted molar refractivity (Wildman–Crippen MR) is 76.1 cm³/mol. The van der Waals surface area contributed by atoms with Crippen LogP contribution in [-0.2, 0) is 0 Å². The fourth-order valence-electron chi connectivity index (χ4n) is 2.68. The number of halogens is 1. The quantitative estimate of drug-likeness (QED) is 0.789. The van der Waals surface area contributed by atoms with Gasteiger partial charge in [-0.2, -0.15) is 0 Å². The highest BCUT2D eigenvalue weighted by molar-refractivity contribution is 7.15. The number of alkyl halides is 1. The van der Waals surface area contributed by atoms with Crippen LogP contribution in [0, 0.1) is 0 Å². The molecule has 2 heterocycles. The summed E-state index contributed by atoms with van der Waals surface area (Å²) in [4.78, 5) is 15.3. The Bertz CT molecular complexity index is 480. The number of rotatable bonds is 2. The van der Waals surface area contributed by atoms with Gasteiger partial charge in [0.05, 0.1) is 0 Å². The van der Waals surface area contributed by atoms with Crippen molar-refractivity contribution < 1.29 is 4.79 Å². The molecule has 1 saturated heterocycles. The zero-order chi connectivity index (χ0) is 13.4. The summed E-state index contributed by atoms with van der Waals surface area (Å²) in [6, 6.07) is 0.0153. The molecule has 0 N–H and O–H groups in total. The number of likely N-dealkylation sites (N-methyl/N-ethyl adjacent to an activating group) is 1. The number of urea groups is 1. The van der Waals surface area contributed by atoms with Gasteiger partial charge in [0.25, 0.3) is 0 Å². The second-order valence-electron chi connectivity index (χ2n) is 5.24. The van der Waals surface area contributed by atoms with E-state index in [1.807, 2.05) is 7.05 Å². The van der Waals surface area contributed by atoms with Crippen molar-refractivity contribution >= 4 is 34.1 Å². The summed E-state index contributed by atoms with van der Waals surface area (Å²) in [5.74, 6) is 0.415. The first kappa shape index (κ1) is 13.1. The third kappa shape index (κ3) is 2.56. The van der Waals surface area contributed by atoms with Crippen molar-refractivity contribution in [2.24, 2.45) is 0 Å². The number of amides is 2. The molecule has 2 aliphatic rings. The Kier molecular flexibility index (Phi) is 3.62. The van der Waals surface area contributed by atoms with Crippen LogP contribution in [0.15, 0.2) is 0 Å². The second kappa shape index (κ2) is 5.25. The van der Waals surface area contributed by atoms with Crippen LogP contribution in [0.25, 0.3) is 0 Å². The second-order valence-corrected chi connectivity index (χ2v) is 6.84. The maximum atomic E-state index is 11.9. The molecule has 7 heteroatoms. The zero-order valence-electron chi connectivity index (χ0n) is 10.9. The molecule has 1 aromatic heterocycles. The van der Waals surface area contributed by atoms with Crippen molar-refractivity contribution in [2.75, 3.05) is 25.0 Å². The van der Waals surface area contributed by atoms with Crippen molar-refractivity contribution in [3.05, 3.63) is 5.01 Å². The average Bonchev–Trinajstić information content (AvgIpc) is 2.98. The molecular weight excluding hydrogens is 284 g/mol. The monoisotopic (exact) mass is 300 g/mol. The van der Waals surface area contributed by atoms with E-state index in [0.29, 0.717) is 12.5 Å². The molecule has 1 aromatic rings. The minimum atomic E-state index is 0.0153. The molecule has 2 atom stereocenters. The van der Waals surface area contributed by atoms with Crippen molar-refractivity contribution in [1.29, 1.82) is 0 Å². The van der Waals surface area contributed by atoms with E-state index in [9.17, 15) is 4.79 Å². The molecule has 104 valence electrons. The van der Waals surface area contributed by atoms with Gasteiger partial charge in [-0.25, -0.2) is 4.79 Å². The van der Waals surface area contributed by atoms with Crippen LogP contribution < -0.4 is 4.90 Å². The van der Waals surface area contributed by atoms with E-state index in [1.54, 1.807) is 21.1 Å². The summed E-state index contributed by atoms with van der Waals surface area (Å²) in [6.45, 7) is 1.45. The summed E-state index contributed by atoms with van der Waals surface area (Å²) >= 11 is 7.76. The van der Waals surface area contributed by atoms with Gasteiger partial charge in [0.2, 0.25) is 5.13 Å². The number of carbonyl (C=O) groups is 1. The normalized spacial score (nSPS) is 28.2. The number of nitrogens with zero attached hydrogens (tertiary/aromatic N) is 4. The fourth-order valence-corrected chi connectivity index (χ4v) is 4.06. The topological polar surface area (TPSA) is 49.3 Å². The SMILES string of the molecule is CN1CCN(c2nnc(C3CCCC(Cl)C3)s2)C1=O. The molecule has 1 saturated carbocycles. The average molecular weight is 301 g/mol. The van der Waals surface area contributed by atoms with Gasteiger partial charge >= 0.3 is 6.03 Å². The molecule has 2 amide bonds. The number of anilines is 1. The summed E-state index contributed by atoms with van der Waals surface area (Å²) in [6.07, 6.45) is 4.36. The molecule has 5 nitrogen and oxygen atoms in total. The molecule has 19 heavy (non-hydrogen) atoms. The summed E-state index contributed by atoms with van der Waals surface area (Å²) in [5.41, 5.74) is 0. The minimum absolute atomic E-state index is 0.0153. The molecule has 3 rings (SSSR count). The van der Waals surface area contributed by atoms with Gasteiger partial charge in [0.15, 0.2) is 0 Å². The fraction of sp³-hybridized carbons (Fsp3) is 0.750. The van der Waals surface area contributed by atoms with E-state index < -0.39 is 0 Å².